The van der Waals surface area contributed by atoms with Crippen LogP contribution in [0.5, 0.6) is 0 Å². The molecule has 1 aromatic carbocycles. The highest BCUT2D eigenvalue weighted by Gasteiger charge is 2.28. The molecule has 0 aliphatic carbocycles. The first-order valence-electron chi connectivity index (χ1n) is 6.57. The van der Waals surface area contributed by atoms with Crippen molar-refractivity contribution in [1.82, 2.24) is 10.2 Å². The summed E-state index contributed by atoms with van der Waals surface area (Å²) in [5.41, 5.74) is 6.84. The van der Waals surface area contributed by atoms with Gasteiger partial charge >= 0.3 is 0 Å². The van der Waals surface area contributed by atoms with Crippen molar-refractivity contribution in [2.24, 2.45) is 5.73 Å². The highest BCUT2D eigenvalue weighted by molar-refractivity contribution is 5.85. The van der Waals surface area contributed by atoms with Crippen molar-refractivity contribution in [3.63, 3.8) is 0 Å². The van der Waals surface area contributed by atoms with E-state index in [1.165, 1.54) is 5.56 Å². The van der Waals surface area contributed by atoms with Crippen LogP contribution in [0.2, 0.25) is 0 Å². The molecular formula is C14H23Cl2N3O. The summed E-state index contributed by atoms with van der Waals surface area (Å²) in [4.78, 5) is 14.0. The molecular weight excluding hydrogens is 297 g/mol. The van der Waals surface area contributed by atoms with E-state index in [1.54, 1.807) is 0 Å². The number of nitrogens with one attached hydrogen (secondary N) is 1. The van der Waals surface area contributed by atoms with Gasteiger partial charge in [-0.15, -0.1) is 24.8 Å². The Kier molecular flexibility index (Phi) is 9.59. The summed E-state index contributed by atoms with van der Waals surface area (Å²) < 4.78 is 0. The van der Waals surface area contributed by atoms with E-state index in [2.05, 4.69) is 17.4 Å². The van der Waals surface area contributed by atoms with Gasteiger partial charge in [-0.2, -0.15) is 0 Å². The minimum absolute atomic E-state index is 0. The minimum atomic E-state index is 0. The van der Waals surface area contributed by atoms with E-state index < -0.39 is 0 Å². The first-order chi connectivity index (χ1) is 8.81. The number of amides is 1. The second-order valence-electron chi connectivity index (χ2n) is 4.64. The maximum absolute atomic E-state index is 12.1. The number of carbonyl (C=O) groups excluding carboxylic acids is 1. The third kappa shape index (κ3) is 5.29. The van der Waals surface area contributed by atoms with Crippen LogP contribution in [0.3, 0.4) is 0 Å². The Bertz CT molecular complexity index is 385. The standard InChI is InChI=1S/C14H21N3O.2ClH/c15-8-11-17(14(18)13-6-9-16-13)10-7-12-4-2-1-3-5-12;;/h1-5,13,16H,6-11,15H2;2*1H/t13-;;/m1../s1. The van der Waals surface area contributed by atoms with Gasteiger partial charge in [0.25, 0.3) is 0 Å². The fourth-order valence-electron chi connectivity index (χ4n) is 2.12. The third-order valence-electron chi connectivity index (χ3n) is 3.35. The third-order valence-corrected chi connectivity index (χ3v) is 3.35. The van der Waals surface area contributed by atoms with Gasteiger partial charge in [-0.25, -0.2) is 0 Å². The van der Waals surface area contributed by atoms with Crippen LogP contribution >= 0.6 is 24.8 Å². The average molecular weight is 320 g/mol. The smallest absolute Gasteiger partial charge is 0.239 e. The molecule has 1 aliphatic rings. The summed E-state index contributed by atoms with van der Waals surface area (Å²) in [6, 6.07) is 10.3. The van der Waals surface area contributed by atoms with Gasteiger partial charge in [-0.1, -0.05) is 30.3 Å². The van der Waals surface area contributed by atoms with Gasteiger partial charge in [0.05, 0.1) is 6.04 Å². The number of nitrogens with zero attached hydrogens (tertiary/aromatic N) is 1. The topological polar surface area (TPSA) is 58.4 Å². The van der Waals surface area contributed by atoms with Crippen LogP contribution in [-0.4, -0.2) is 43.0 Å². The van der Waals surface area contributed by atoms with E-state index in [1.807, 2.05) is 23.1 Å². The summed E-state index contributed by atoms with van der Waals surface area (Å²) in [5, 5.41) is 3.15. The molecule has 114 valence electrons. The van der Waals surface area contributed by atoms with Crippen molar-refractivity contribution in [2.45, 2.75) is 18.9 Å². The Morgan fingerprint density at radius 2 is 1.90 bits per heavy atom. The zero-order valence-corrected chi connectivity index (χ0v) is 13.1. The SMILES string of the molecule is Cl.Cl.NCCN(CCc1ccccc1)C(=O)[C@H]1CCN1. The first-order valence-corrected chi connectivity index (χ1v) is 6.57. The molecule has 1 saturated heterocycles. The summed E-state index contributed by atoms with van der Waals surface area (Å²) in [7, 11) is 0. The van der Waals surface area contributed by atoms with Crippen molar-refractivity contribution in [3.05, 3.63) is 35.9 Å². The number of nitrogens with two attached hydrogens (primary N) is 1. The Balaban J connectivity index is 0.00000180. The lowest BCUT2D eigenvalue weighted by Crippen LogP contribution is -2.55. The zero-order valence-electron chi connectivity index (χ0n) is 11.5. The predicted molar refractivity (Wildman–Crippen MR) is 86.7 cm³/mol. The fraction of sp³-hybridized carbons (Fsp3) is 0.500. The van der Waals surface area contributed by atoms with Crippen LogP contribution in [0.1, 0.15) is 12.0 Å². The molecule has 1 fully saturated rings. The number of hydrogen-bond acceptors (Lipinski definition) is 3. The van der Waals surface area contributed by atoms with E-state index in [4.69, 9.17) is 5.73 Å². The monoisotopic (exact) mass is 319 g/mol. The molecule has 1 atom stereocenters. The van der Waals surface area contributed by atoms with Crippen molar-refractivity contribution < 1.29 is 4.79 Å². The van der Waals surface area contributed by atoms with Gasteiger partial charge in [0.15, 0.2) is 0 Å². The lowest BCUT2D eigenvalue weighted by molar-refractivity contribution is -0.135. The second-order valence-corrected chi connectivity index (χ2v) is 4.64. The molecule has 0 saturated carbocycles. The average Bonchev–Trinajstić information content (AvgIpc) is 2.33. The highest BCUT2D eigenvalue weighted by atomic mass is 35.5. The lowest BCUT2D eigenvalue weighted by atomic mass is 10.1. The van der Waals surface area contributed by atoms with Crippen LogP contribution in [-0.2, 0) is 11.2 Å². The lowest BCUT2D eigenvalue weighted by Gasteiger charge is -2.32. The molecule has 0 unspecified atom stereocenters. The number of carbonyl (C=O) groups is 1. The van der Waals surface area contributed by atoms with E-state index in [9.17, 15) is 4.79 Å². The molecule has 0 aromatic heterocycles. The predicted octanol–water partition coefficient (Wildman–Crippen LogP) is 1.22. The van der Waals surface area contributed by atoms with Crippen LogP contribution in [0.25, 0.3) is 0 Å². The molecule has 20 heavy (non-hydrogen) atoms. The summed E-state index contributed by atoms with van der Waals surface area (Å²) in [6.07, 6.45) is 1.84. The Morgan fingerprint density at radius 1 is 1.25 bits per heavy atom. The maximum atomic E-state index is 12.1. The summed E-state index contributed by atoms with van der Waals surface area (Å²) in [5.74, 6) is 0.197. The van der Waals surface area contributed by atoms with E-state index >= 15 is 0 Å². The number of benzene rings is 1. The molecule has 1 aliphatic heterocycles. The van der Waals surface area contributed by atoms with Gasteiger partial charge in [0, 0.05) is 19.6 Å². The molecule has 6 heteroatoms. The van der Waals surface area contributed by atoms with E-state index in [-0.39, 0.29) is 36.8 Å². The van der Waals surface area contributed by atoms with Crippen LogP contribution in [0.4, 0.5) is 0 Å². The maximum Gasteiger partial charge on any atom is 0.239 e. The van der Waals surface area contributed by atoms with Gasteiger partial charge in [0.2, 0.25) is 5.91 Å². The highest BCUT2D eigenvalue weighted by Crippen LogP contribution is 2.08. The first kappa shape index (κ1) is 19.2. The minimum Gasteiger partial charge on any atom is -0.340 e. The molecule has 1 amide bonds. The van der Waals surface area contributed by atoms with Gasteiger partial charge in [-0.05, 0) is 24.9 Å². The molecule has 0 spiro atoms. The van der Waals surface area contributed by atoms with Crippen LogP contribution in [0.15, 0.2) is 30.3 Å². The zero-order chi connectivity index (χ0) is 12.8. The molecule has 0 radical (unpaired) electrons. The Hall–Kier alpha value is -0.810. The normalized spacial score (nSPS) is 16.4. The number of halogens is 2. The largest absolute Gasteiger partial charge is 0.340 e. The summed E-state index contributed by atoms with van der Waals surface area (Å²) >= 11 is 0. The summed E-state index contributed by atoms with van der Waals surface area (Å²) in [6.45, 7) is 2.86. The second kappa shape index (κ2) is 10.00. The van der Waals surface area contributed by atoms with Crippen molar-refractivity contribution >= 4 is 30.7 Å². The van der Waals surface area contributed by atoms with Crippen molar-refractivity contribution in [2.75, 3.05) is 26.2 Å². The quantitative estimate of drug-likeness (QED) is 0.829. The molecule has 1 aromatic rings. The van der Waals surface area contributed by atoms with Gasteiger partial charge in [0.1, 0.15) is 0 Å². The van der Waals surface area contributed by atoms with E-state index in [0.29, 0.717) is 13.1 Å². The van der Waals surface area contributed by atoms with Crippen LogP contribution in [0, 0.1) is 0 Å². The Morgan fingerprint density at radius 3 is 2.40 bits per heavy atom. The molecule has 4 nitrogen and oxygen atoms in total. The van der Waals surface area contributed by atoms with Crippen molar-refractivity contribution in [3.8, 4) is 0 Å². The van der Waals surface area contributed by atoms with Crippen molar-refractivity contribution in [1.29, 1.82) is 0 Å². The molecule has 3 N–H and O–H groups in total. The van der Waals surface area contributed by atoms with Gasteiger partial charge < -0.3 is 16.0 Å². The van der Waals surface area contributed by atoms with Gasteiger partial charge in [-0.3, -0.25) is 4.79 Å². The fourth-order valence-corrected chi connectivity index (χ4v) is 2.12. The molecule has 0 bridgehead atoms. The number of hydrogen-bond donors (Lipinski definition) is 2. The molecule has 1 heterocycles. The van der Waals surface area contributed by atoms with E-state index in [0.717, 1.165) is 25.9 Å². The van der Waals surface area contributed by atoms with Crippen LogP contribution < -0.4 is 11.1 Å². The molecule has 2 rings (SSSR count). The Labute approximate surface area is 132 Å². The number of rotatable bonds is 6.